The molecule has 0 bridgehead atoms. The van der Waals surface area contributed by atoms with Crippen LogP contribution in [0, 0.1) is 17.6 Å². The lowest BCUT2D eigenvalue weighted by molar-refractivity contribution is -0.171. The van der Waals surface area contributed by atoms with Crippen LogP contribution in [0.3, 0.4) is 0 Å². The van der Waals surface area contributed by atoms with Crippen LogP contribution in [0.4, 0.5) is 22.0 Å². The number of aryl methyl sites for hydroxylation is 1. The topological polar surface area (TPSA) is 0 Å². The standard InChI is InChI=1S/C12H12ClF5/c1-7(12(16,17)18)3-2-4-8-5-6-9(14)10(13)11(8)15/h5-7H,2-4H2,1H3. The van der Waals surface area contributed by atoms with Crippen molar-refractivity contribution >= 4 is 11.6 Å². The zero-order valence-electron chi connectivity index (χ0n) is 9.62. The van der Waals surface area contributed by atoms with Crippen LogP contribution in [0.2, 0.25) is 5.02 Å². The van der Waals surface area contributed by atoms with Crippen molar-refractivity contribution in [2.24, 2.45) is 5.92 Å². The van der Waals surface area contributed by atoms with Gasteiger partial charge in [0.1, 0.15) is 16.7 Å². The van der Waals surface area contributed by atoms with Crippen LogP contribution in [-0.2, 0) is 6.42 Å². The van der Waals surface area contributed by atoms with Gasteiger partial charge in [-0.1, -0.05) is 24.6 Å². The van der Waals surface area contributed by atoms with Crippen molar-refractivity contribution in [3.05, 3.63) is 34.4 Å². The molecule has 0 saturated heterocycles. The normalized spacial score (nSPS) is 13.7. The minimum Gasteiger partial charge on any atom is -0.205 e. The molecule has 0 nitrogen and oxygen atoms in total. The van der Waals surface area contributed by atoms with E-state index in [4.69, 9.17) is 11.6 Å². The van der Waals surface area contributed by atoms with Crippen LogP contribution in [-0.4, -0.2) is 6.18 Å². The summed E-state index contributed by atoms with van der Waals surface area (Å²) in [5.41, 5.74) is 0.135. The van der Waals surface area contributed by atoms with Gasteiger partial charge in [-0.3, -0.25) is 0 Å². The fraction of sp³-hybridized carbons (Fsp3) is 0.500. The van der Waals surface area contributed by atoms with Crippen molar-refractivity contribution in [1.29, 1.82) is 0 Å². The number of hydrogen-bond acceptors (Lipinski definition) is 0. The molecule has 102 valence electrons. The van der Waals surface area contributed by atoms with E-state index < -0.39 is 28.8 Å². The molecule has 0 aliphatic heterocycles. The highest BCUT2D eigenvalue weighted by Gasteiger charge is 2.35. The van der Waals surface area contributed by atoms with Crippen LogP contribution in [0.1, 0.15) is 25.3 Å². The second-order valence-corrected chi connectivity index (χ2v) is 4.55. The van der Waals surface area contributed by atoms with E-state index in [1.54, 1.807) is 0 Å². The van der Waals surface area contributed by atoms with E-state index in [9.17, 15) is 22.0 Å². The van der Waals surface area contributed by atoms with E-state index in [0.717, 1.165) is 13.0 Å². The summed E-state index contributed by atoms with van der Waals surface area (Å²) in [7, 11) is 0. The van der Waals surface area contributed by atoms with Gasteiger partial charge in [-0.15, -0.1) is 0 Å². The van der Waals surface area contributed by atoms with Crippen molar-refractivity contribution in [2.45, 2.75) is 32.4 Å². The molecule has 0 N–H and O–H groups in total. The summed E-state index contributed by atoms with van der Waals surface area (Å²) in [6.45, 7) is 1.08. The van der Waals surface area contributed by atoms with Gasteiger partial charge in [0, 0.05) is 0 Å². The minimum atomic E-state index is -4.24. The first-order valence-electron chi connectivity index (χ1n) is 5.42. The van der Waals surface area contributed by atoms with Gasteiger partial charge >= 0.3 is 6.18 Å². The van der Waals surface area contributed by atoms with Crippen LogP contribution in [0.15, 0.2) is 12.1 Å². The summed E-state index contributed by atoms with van der Waals surface area (Å²) in [6, 6.07) is 2.21. The summed E-state index contributed by atoms with van der Waals surface area (Å²) < 4.78 is 63.0. The largest absolute Gasteiger partial charge is 0.391 e. The molecule has 1 unspecified atom stereocenters. The average molecular weight is 287 g/mol. The predicted octanol–water partition coefficient (Wildman–Crippen LogP) is 5.14. The first kappa shape index (κ1) is 15.2. The Hall–Kier alpha value is -0.840. The SMILES string of the molecule is CC(CCCc1ccc(F)c(Cl)c1F)C(F)(F)F. The third kappa shape index (κ3) is 3.83. The van der Waals surface area contributed by atoms with Gasteiger partial charge in [0.2, 0.25) is 0 Å². The minimum absolute atomic E-state index is 0.0993. The molecule has 1 rings (SSSR count). The first-order chi connectivity index (χ1) is 8.23. The van der Waals surface area contributed by atoms with Gasteiger partial charge in [0.25, 0.3) is 0 Å². The Bertz CT molecular complexity index is 414. The fourth-order valence-electron chi connectivity index (χ4n) is 1.52. The summed E-state index contributed by atoms with van der Waals surface area (Å²) >= 11 is 5.37. The molecule has 0 radical (unpaired) electrons. The van der Waals surface area contributed by atoms with Crippen molar-refractivity contribution in [3.8, 4) is 0 Å². The monoisotopic (exact) mass is 286 g/mol. The Kier molecular flexibility index (Phi) is 4.96. The van der Waals surface area contributed by atoms with Crippen LogP contribution < -0.4 is 0 Å². The van der Waals surface area contributed by atoms with E-state index >= 15 is 0 Å². The van der Waals surface area contributed by atoms with E-state index in [2.05, 4.69) is 0 Å². The fourth-order valence-corrected chi connectivity index (χ4v) is 1.71. The molecule has 0 amide bonds. The smallest absolute Gasteiger partial charge is 0.205 e. The average Bonchev–Trinajstić information content (AvgIpc) is 2.27. The van der Waals surface area contributed by atoms with Crippen molar-refractivity contribution in [1.82, 2.24) is 0 Å². The number of halogens is 6. The Morgan fingerprint density at radius 3 is 2.39 bits per heavy atom. The molecule has 1 aromatic rings. The molecule has 0 spiro atoms. The third-order valence-electron chi connectivity index (χ3n) is 2.76. The summed E-state index contributed by atoms with van der Waals surface area (Å²) in [4.78, 5) is 0. The van der Waals surface area contributed by atoms with Gasteiger partial charge in [0.15, 0.2) is 0 Å². The van der Waals surface area contributed by atoms with E-state index in [-0.39, 0.29) is 24.8 Å². The third-order valence-corrected chi connectivity index (χ3v) is 3.10. The van der Waals surface area contributed by atoms with Gasteiger partial charge < -0.3 is 0 Å². The molecule has 18 heavy (non-hydrogen) atoms. The van der Waals surface area contributed by atoms with Gasteiger partial charge in [0.05, 0.1) is 5.92 Å². The quantitative estimate of drug-likeness (QED) is 0.531. The second-order valence-electron chi connectivity index (χ2n) is 4.17. The highest BCUT2D eigenvalue weighted by Crippen LogP contribution is 2.30. The molecule has 0 aliphatic carbocycles. The molecule has 1 atom stereocenters. The van der Waals surface area contributed by atoms with Gasteiger partial charge in [-0.05, 0) is 30.9 Å². The molecule has 0 fully saturated rings. The number of benzene rings is 1. The zero-order valence-corrected chi connectivity index (χ0v) is 10.4. The van der Waals surface area contributed by atoms with Crippen molar-refractivity contribution in [3.63, 3.8) is 0 Å². The molecule has 0 heterocycles. The van der Waals surface area contributed by atoms with Crippen LogP contribution in [0.25, 0.3) is 0 Å². The van der Waals surface area contributed by atoms with Gasteiger partial charge in [-0.25, -0.2) is 8.78 Å². The highest BCUT2D eigenvalue weighted by atomic mass is 35.5. The molecule has 0 aliphatic rings. The van der Waals surface area contributed by atoms with E-state index in [1.165, 1.54) is 6.07 Å². The maximum atomic E-state index is 13.4. The summed E-state index contributed by atoms with van der Waals surface area (Å²) in [6.07, 6.45) is -4.07. The Labute approximate surface area is 107 Å². The number of rotatable bonds is 4. The summed E-state index contributed by atoms with van der Waals surface area (Å²) in [5.74, 6) is -3.20. The molecule has 0 aromatic heterocycles. The molecular weight excluding hydrogens is 275 g/mol. The maximum Gasteiger partial charge on any atom is 0.391 e. The lowest BCUT2D eigenvalue weighted by atomic mass is 10.0. The van der Waals surface area contributed by atoms with Gasteiger partial charge in [-0.2, -0.15) is 13.2 Å². The first-order valence-corrected chi connectivity index (χ1v) is 5.80. The lowest BCUT2D eigenvalue weighted by Crippen LogP contribution is -2.19. The Morgan fingerprint density at radius 2 is 1.83 bits per heavy atom. The highest BCUT2D eigenvalue weighted by molar-refractivity contribution is 6.30. The summed E-state index contributed by atoms with van der Waals surface area (Å²) in [5, 5.41) is -0.614. The molecular formula is C12H12ClF5. The lowest BCUT2D eigenvalue weighted by Gasteiger charge is -2.15. The zero-order chi connectivity index (χ0) is 13.9. The van der Waals surface area contributed by atoms with Crippen molar-refractivity contribution < 1.29 is 22.0 Å². The predicted molar refractivity (Wildman–Crippen MR) is 59.5 cm³/mol. The molecule has 6 heteroatoms. The van der Waals surface area contributed by atoms with Crippen LogP contribution in [0.5, 0.6) is 0 Å². The van der Waals surface area contributed by atoms with E-state index in [1.807, 2.05) is 0 Å². The van der Waals surface area contributed by atoms with Crippen LogP contribution >= 0.6 is 11.6 Å². The Balaban J connectivity index is 2.58. The van der Waals surface area contributed by atoms with E-state index in [0.29, 0.717) is 0 Å². The second kappa shape index (κ2) is 5.87. The maximum absolute atomic E-state index is 13.4. The van der Waals surface area contributed by atoms with Crippen molar-refractivity contribution in [2.75, 3.05) is 0 Å². The molecule has 0 saturated carbocycles. The number of alkyl halides is 3. The number of hydrogen-bond donors (Lipinski definition) is 0. The molecule has 1 aromatic carbocycles. The Morgan fingerprint density at radius 1 is 1.22 bits per heavy atom.